The van der Waals surface area contributed by atoms with Gasteiger partial charge in [-0.25, -0.2) is 0 Å². The first-order valence-corrected chi connectivity index (χ1v) is 5.99. The van der Waals surface area contributed by atoms with Crippen LogP contribution in [0.3, 0.4) is 0 Å². The molecule has 0 radical (unpaired) electrons. The van der Waals surface area contributed by atoms with Crippen LogP contribution in [0.25, 0.3) is 0 Å². The number of hydrogen-bond acceptors (Lipinski definition) is 4. The third-order valence-corrected chi connectivity index (χ3v) is 2.61. The molecule has 1 aliphatic rings. The predicted octanol–water partition coefficient (Wildman–Crippen LogP) is -1.43. The number of morpholine rings is 1. The topological polar surface area (TPSA) is 70.7 Å². The highest BCUT2D eigenvalue weighted by Crippen LogP contribution is 2.07. The van der Waals surface area contributed by atoms with Crippen LogP contribution in [0.1, 0.15) is 6.92 Å². The van der Waals surface area contributed by atoms with Crippen LogP contribution in [0, 0.1) is 12.3 Å². The Bertz CT molecular complexity index is 338. The Hall–Kier alpha value is -1.58. The van der Waals surface area contributed by atoms with Crippen molar-refractivity contribution in [1.29, 1.82) is 0 Å². The molecule has 18 heavy (non-hydrogen) atoms. The molecule has 1 fully saturated rings. The fourth-order valence-electron chi connectivity index (χ4n) is 1.75. The largest absolute Gasteiger partial charge is 0.377 e. The minimum absolute atomic E-state index is 0.134. The fraction of sp³-hybridized carbons (Fsp3) is 0.667. The molecular formula is C12H19N3O3. The maximum Gasteiger partial charge on any atom is 0.245 e. The van der Waals surface area contributed by atoms with Crippen molar-refractivity contribution < 1.29 is 14.3 Å². The molecule has 0 aromatic carbocycles. The first-order chi connectivity index (χ1) is 8.70. The molecule has 6 nitrogen and oxygen atoms in total. The van der Waals surface area contributed by atoms with Gasteiger partial charge in [0.1, 0.15) is 6.04 Å². The van der Waals surface area contributed by atoms with Crippen molar-refractivity contribution in [3.8, 4) is 12.3 Å². The second-order valence-electron chi connectivity index (χ2n) is 3.88. The number of ether oxygens (including phenoxy) is 1. The van der Waals surface area contributed by atoms with E-state index in [1.54, 1.807) is 0 Å². The zero-order chi connectivity index (χ0) is 13.4. The minimum Gasteiger partial charge on any atom is -0.377 e. The minimum atomic E-state index is -0.543. The number of nitrogens with one attached hydrogen (secondary N) is 2. The molecule has 6 heteroatoms. The van der Waals surface area contributed by atoms with Gasteiger partial charge in [-0.2, -0.15) is 0 Å². The van der Waals surface area contributed by atoms with Gasteiger partial charge in [0.2, 0.25) is 11.8 Å². The summed E-state index contributed by atoms with van der Waals surface area (Å²) in [6, 6.07) is -0.543. The third-order valence-electron chi connectivity index (χ3n) is 2.61. The second kappa shape index (κ2) is 7.69. The van der Waals surface area contributed by atoms with Crippen molar-refractivity contribution in [2.24, 2.45) is 0 Å². The van der Waals surface area contributed by atoms with Crippen LogP contribution in [-0.4, -0.2) is 62.1 Å². The van der Waals surface area contributed by atoms with Crippen molar-refractivity contribution in [3.63, 3.8) is 0 Å². The van der Waals surface area contributed by atoms with Crippen LogP contribution in [0.15, 0.2) is 0 Å². The van der Waals surface area contributed by atoms with Crippen molar-refractivity contribution in [2.45, 2.75) is 13.0 Å². The molecular weight excluding hydrogens is 234 g/mol. The smallest absolute Gasteiger partial charge is 0.245 e. The van der Waals surface area contributed by atoms with E-state index in [0.717, 1.165) is 0 Å². The number of carbonyl (C=O) groups is 2. The van der Waals surface area contributed by atoms with Gasteiger partial charge in [-0.3, -0.25) is 14.9 Å². The summed E-state index contributed by atoms with van der Waals surface area (Å²) in [6.45, 7) is 3.97. The van der Waals surface area contributed by atoms with E-state index in [0.29, 0.717) is 26.2 Å². The number of nitrogens with zero attached hydrogens (tertiary/aromatic N) is 1. The molecule has 1 saturated heterocycles. The van der Waals surface area contributed by atoms with E-state index in [1.165, 1.54) is 4.90 Å². The lowest BCUT2D eigenvalue weighted by atomic mass is 10.2. The van der Waals surface area contributed by atoms with Crippen molar-refractivity contribution >= 4 is 11.8 Å². The van der Waals surface area contributed by atoms with Crippen LogP contribution in [0.5, 0.6) is 0 Å². The fourth-order valence-corrected chi connectivity index (χ4v) is 1.75. The van der Waals surface area contributed by atoms with Gasteiger partial charge in [-0.15, -0.1) is 6.42 Å². The molecule has 0 spiro atoms. The van der Waals surface area contributed by atoms with Gasteiger partial charge >= 0.3 is 0 Å². The third kappa shape index (κ3) is 4.02. The summed E-state index contributed by atoms with van der Waals surface area (Å²) < 4.78 is 5.25. The molecule has 0 aromatic rings. The monoisotopic (exact) mass is 253 g/mol. The summed E-state index contributed by atoms with van der Waals surface area (Å²) >= 11 is 0. The molecule has 2 amide bonds. The second-order valence-corrected chi connectivity index (χ2v) is 3.88. The molecule has 0 saturated carbocycles. The maximum absolute atomic E-state index is 12.0. The Morgan fingerprint density at radius 2 is 2.33 bits per heavy atom. The summed E-state index contributed by atoms with van der Waals surface area (Å²) in [7, 11) is 0. The zero-order valence-electron chi connectivity index (χ0n) is 10.6. The van der Waals surface area contributed by atoms with E-state index < -0.39 is 6.04 Å². The molecule has 2 N–H and O–H groups in total. The Morgan fingerprint density at radius 1 is 1.56 bits per heavy atom. The molecule has 1 rings (SSSR count). The van der Waals surface area contributed by atoms with Gasteiger partial charge in [0.05, 0.1) is 26.3 Å². The molecule has 0 bridgehead atoms. The Labute approximate surface area is 107 Å². The van der Waals surface area contributed by atoms with Crippen molar-refractivity contribution in [3.05, 3.63) is 0 Å². The Morgan fingerprint density at radius 3 is 3.00 bits per heavy atom. The molecule has 0 aliphatic carbocycles. The van der Waals surface area contributed by atoms with E-state index in [4.69, 9.17) is 11.2 Å². The lowest BCUT2D eigenvalue weighted by molar-refractivity contribution is -0.147. The van der Waals surface area contributed by atoms with Crippen molar-refractivity contribution in [1.82, 2.24) is 15.5 Å². The number of hydrogen-bond donors (Lipinski definition) is 2. The van der Waals surface area contributed by atoms with E-state index in [9.17, 15) is 9.59 Å². The van der Waals surface area contributed by atoms with Gasteiger partial charge in [0.25, 0.3) is 0 Å². The van der Waals surface area contributed by atoms with Crippen LogP contribution in [0.4, 0.5) is 0 Å². The van der Waals surface area contributed by atoms with Crippen LogP contribution >= 0.6 is 0 Å². The summed E-state index contributed by atoms with van der Waals surface area (Å²) in [5.74, 6) is 2.08. The molecule has 1 atom stereocenters. The highest BCUT2D eigenvalue weighted by molar-refractivity contribution is 5.88. The standard InChI is InChI=1S/C12H19N3O3/c1-3-5-13-8-11(16)15-6-7-18-9-10(15)12(17)14-4-2/h1,10,13H,4-9H2,2H3,(H,14,17). The van der Waals surface area contributed by atoms with Crippen LogP contribution < -0.4 is 10.6 Å². The average Bonchev–Trinajstić information content (AvgIpc) is 2.39. The SMILES string of the molecule is C#CCNCC(=O)N1CCOCC1C(=O)NCC. The first-order valence-electron chi connectivity index (χ1n) is 5.99. The maximum atomic E-state index is 12.0. The van der Waals surface area contributed by atoms with Crippen LogP contribution in [-0.2, 0) is 14.3 Å². The molecule has 1 aliphatic heterocycles. The van der Waals surface area contributed by atoms with Gasteiger partial charge < -0.3 is 15.0 Å². The summed E-state index contributed by atoms with van der Waals surface area (Å²) in [5.41, 5.74) is 0. The van der Waals surface area contributed by atoms with Crippen molar-refractivity contribution in [2.75, 3.05) is 39.4 Å². The number of terminal acetylenes is 1. The van der Waals surface area contributed by atoms with Gasteiger partial charge in [0.15, 0.2) is 0 Å². The Kier molecular flexibility index (Phi) is 6.19. The van der Waals surface area contributed by atoms with Gasteiger partial charge in [-0.1, -0.05) is 5.92 Å². The molecule has 1 heterocycles. The number of likely N-dealkylation sites (N-methyl/N-ethyl adjacent to an activating group) is 1. The van der Waals surface area contributed by atoms with Crippen LogP contribution in [0.2, 0.25) is 0 Å². The van der Waals surface area contributed by atoms with E-state index in [1.807, 2.05) is 6.92 Å². The Balaban J connectivity index is 2.56. The molecule has 1 unspecified atom stereocenters. The zero-order valence-corrected chi connectivity index (χ0v) is 10.6. The number of carbonyl (C=O) groups excluding carboxylic acids is 2. The van der Waals surface area contributed by atoms with E-state index in [2.05, 4.69) is 16.6 Å². The average molecular weight is 253 g/mol. The number of rotatable bonds is 5. The quantitative estimate of drug-likeness (QED) is 0.466. The predicted molar refractivity (Wildman–Crippen MR) is 66.7 cm³/mol. The lowest BCUT2D eigenvalue weighted by Crippen LogP contribution is -2.57. The summed E-state index contributed by atoms with van der Waals surface area (Å²) in [6.07, 6.45) is 5.09. The van der Waals surface area contributed by atoms with Gasteiger partial charge in [-0.05, 0) is 6.92 Å². The molecule has 0 aromatic heterocycles. The highest BCUT2D eigenvalue weighted by atomic mass is 16.5. The molecule has 100 valence electrons. The highest BCUT2D eigenvalue weighted by Gasteiger charge is 2.31. The van der Waals surface area contributed by atoms with Gasteiger partial charge in [0, 0.05) is 13.1 Å². The summed E-state index contributed by atoms with van der Waals surface area (Å²) in [4.78, 5) is 25.3. The normalized spacial score (nSPS) is 19.1. The summed E-state index contributed by atoms with van der Waals surface area (Å²) in [5, 5.41) is 5.53. The lowest BCUT2D eigenvalue weighted by Gasteiger charge is -2.34. The van der Waals surface area contributed by atoms with E-state index in [-0.39, 0.29) is 25.0 Å². The first kappa shape index (κ1) is 14.5. The van der Waals surface area contributed by atoms with E-state index >= 15 is 0 Å². The number of amides is 2.